The minimum absolute atomic E-state index is 0.0654. The second-order valence-corrected chi connectivity index (χ2v) is 3.72. The molecule has 0 aromatic carbocycles. The Kier molecular flexibility index (Phi) is 3.45. The maximum Gasteiger partial charge on any atom is 0.251 e. The lowest BCUT2D eigenvalue weighted by molar-refractivity contribution is 0.0939. The van der Waals surface area contributed by atoms with E-state index in [-0.39, 0.29) is 11.9 Å². The summed E-state index contributed by atoms with van der Waals surface area (Å²) >= 11 is 0. The topological polar surface area (TPSA) is 54.9 Å². The fourth-order valence-electron chi connectivity index (χ4n) is 1.50. The number of amides is 1. The van der Waals surface area contributed by atoms with Crippen molar-refractivity contribution in [3.63, 3.8) is 0 Å². The van der Waals surface area contributed by atoms with Gasteiger partial charge in [0.15, 0.2) is 0 Å². The van der Waals surface area contributed by atoms with E-state index in [1.165, 1.54) is 0 Å². The second kappa shape index (κ2) is 5.21. The fraction of sp³-hybridized carbons (Fsp3) is 0.154. The summed E-state index contributed by atoms with van der Waals surface area (Å²) in [6, 6.07) is 7.09. The third kappa shape index (κ3) is 2.87. The molecule has 1 amide bonds. The van der Waals surface area contributed by atoms with Gasteiger partial charge in [-0.25, -0.2) is 0 Å². The van der Waals surface area contributed by atoms with Crippen molar-refractivity contribution < 1.29 is 4.79 Å². The number of hydrogen-bond donors (Lipinski definition) is 1. The summed E-state index contributed by atoms with van der Waals surface area (Å²) in [6.07, 6.45) is 6.66. The first-order chi connectivity index (χ1) is 8.27. The monoisotopic (exact) mass is 227 g/mol. The normalized spacial score (nSPS) is 11.8. The lowest BCUT2D eigenvalue weighted by Gasteiger charge is -2.13. The van der Waals surface area contributed by atoms with Crippen molar-refractivity contribution >= 4 is 5.91 Å². The van der Waals surface area contributed by atoms with E-state index in [0.29, 0.717) is 5.56 Å². The molecule has 17 heavy (non-hydrogen) atoms. The Morgan fingerprint density at radius 3 is 2.59 bits per heavy atom. The minimum Gasteiger partial charge on any atom is -0.345 e. The molecule has 2 rings (SSSR count). The number of pyridine rings is 2. The van der Waals surface area contributed by atoms with E-state index in [4.69, 9.17) is 0 Å². The molecule has 0 bridgehead atoms. The minimum atomic E-state index is -0.108. The molecule has 2 heterocycles. The van der Waals surface area contributed by atoms with Gasteiger partial charge < -0.3 is 5.32 Å². The van der Waals surface area contributed by atoms with Gasteiger partial charge in [0.25, 0.3) is 5.91 Å². The molecule has 86 valence electrons. The molecule has 1 N–H and O–H groups in total. The number of nitrogens with one attached hydrogen (secondary N) is 1. The summed E-state index contributed by atoms with van der Waals surface area (Å²) in [5, 5.41) is 2.91. The van der Waals surface area contributed by atoms with Crippen LogP contribution in [0.2, 0.25) is 0 Å². The number of rotatable bonds is 3. The molecule has 2 aromatic heterocycles. The van der Waals surface area contributed by atoms with E-state index in [9.17, 15) is 4.79 Å². The van der Waals surface area contributed by atoms with E-state index in [0.717, 1.165) is 5.56 Å². The first-order valence-corrected chi connectivity index (χ1v) is 5.38. The molecule has 4 nitrogen and oxygen atoms in total. The van der Waals surface area contributed by atoms with Crippen LogP contribution >= 0.6 is 0 Å². The van der Waals surface area contributed by atoms with Crippen molar-refractivity contribution in [2.45, 2.75) is 13.0 Å². The van der Waals surface area contributed by atoms with Crippen molar-refractivity contribution in [1.29, 1.82) is 0 Å². The van der Waals surface area contributed by atoms with Gasteiger partial charge >= 0.3 is 0 Å². The highest BCUT2D eigenvalue weighted by atomic mass is 16.1. The van der Waals surface area contributed by atoms with Crippen molar-refractivity contribution in [2.75, 3.05) is 0 Å². The largest absolute Gasteiger partial charge is 0.345 e. The molecular formula is C13H13N3O. The van der Waals surface area contributed by atoms with E-state index in [1.807, 2.05) is 19.1 Å². The standard InChI is InChI=1S/C13H13N3O/c1-10(12-3-2-6-15-9-12)16-13(17)11-4-7-14-8-5-11/h2-10H,1H3,(H,16,17)/t10-/m1/s1. The summed E-state index contributed by atoms with van der Waals surface area (Å²) in [5.41, 5.74) is 1.59. The lowest BCUT2D eigenvalue weighted by atomic mass is 10.1. The van der Waals surface area contributed by atoms with Crippen molar-refractivity contribution in [1.82, 2.24) is 15.3 Å². The molecule has 0 saturated heterocycles. The zero-order valence-corrected chi connectivity index (χ0v) is 9.50. The zero-order valence-electron chi connectivity index (χ0n) is 9.50. The van der Waals surface area contributed by atoms with Crippen LogP contribution in [0, 0.1) is 0 Å². The Morgan fingerprint density at radius 2 is 1.94 bits per heavy atom. The number of hydrogen-bond acceptors (Lipinski definition) is 3. The molecule has 0 aliphatic heterocycles. The van der Waals surface area contributed by atoms with E-state index >= 15 is 0 Å². The van der Waals surface area contributed by atoms with Gasteiger partial charge in [-0.1, -0.05) is 6.07 Å². The second-order valence-electron chi connectivity index (χ2n) is 3.72. The zero-order chi connectivity index (χ0) is 12.1. The maximum absolute atomic E-state index is 11.9. The van der Waals surface area contributed by atoms with E-state index < -0.39 is 0 Å². The molecule has 4 heteroatoms. The molecule has 0 unspecified atom stereocenters. The highest BCUT2D eigenvalue weighted by Gasteiger charge is 2.10. The van der Waals surface area contributed by atoms with Crippen LogP contribution in [-0.2, 0) is 0 Å². The quantitative estimate of drug-likeness (QED) is 0.872. The van der Waals surface area contributed by atoms with Gasteiger partial charge in [-0.2, -0.15) is 0 Å². The summed E-state index contributed by atoms with van der Waals surface area (Å²) in [7, 11) is 0. The van der Waals surface area contributed by atoms with Crippen LogP contribution in [0.5, 0.6) is 0 Å². The fourth-order valence-corrected chi connectivity index (χ4v) is 1.50. The Bertz CT molecular complexity index is 485. The van der Waals surface area contributed by atoms with Crippen LogP contribution in [0.3, 0.4) is 0 Å². The number of nitrogens with zero attached hydrogens (tertiary/aromatic N) is 2. The van der Waals surface area contributed by atoms with Gasteiger partial charge in [-0.15, -0.1) is 0 Å². The third-order valence-electron chi connectivity index (χ3n) is 2.47. The molecule has 2 aromatic rings. The van der Waals surface area contributed by atoms with Crippen molar-refractivity contribution in [3.05, 3.63) is 60.2 Å². The third-order valence-corrected chi connectivity index (χ3v) is 2.47. The Morgan fingerprint density at radius 1 is 1.18 bits per heavy atom. The summed E-state index contributed by atoms with van der Waals surface area (Å²) in [5.74, 6) is -0.108. The summed E-state index contributed by atoms with van der Waals surface area (Å²) < 4.78 is 0. The highest BCUT2D eigenvalue weighted by Crippen LogP contribution is 2.10. The molecule has 0 saturated carbocycles. The molecule has 0 radical (unpaired) electrons. The van der Waals surface area contributed by atoms with Gasteiger partial charge in [0.2, 0.25) is 0 Å². The predicted molar refractivity (Wildman–Crippen MR) is 64.4 cm³/mol. The van der Waals surface area contributed by atoms with E-state index in [2.05, 4.69) is 15.3 Å². The first kappa shape index (κ1) is 11.3. The molecular weight excluding hydrogens is 214 g/mol. The van der Waals surface area contributed by atoms with Crippen molar-refractivity contribution in [2.24, 2.45) is 0 Å². The van der Waals surface area contributed by atoms with Gasteiger partial charge in [0.1, 0.15) is 0 Å². The Balaban J connectivity index is 2.05. The lowest BCUT2D eigenvalue weighted by Crippen LogP contribution is -2.26. The summed E-state index contributed by atoms with van der Waals surface area (Å²) in [6.45, 7) is 1.93. The summed E-state index contributed by atoms with van der Waals surface area (Å²) in [4.78, 5) is 19.8. The molecule has 1 atom stereocenters. The smallest absolute Gasteiger partial charge is 0.251 e. The molecule has 0 fully saturated rings. The SMILES string of the molecule is C[C@@H](NC(=O)c1ccncc1)c1cccnc1. The average Bonchev–Trinajstić information content (AvgIpc) is 2.40. The van der Waals surface area contributed by atoms with Crippen LogP contribution in [0.25, 0.3) is 0 Å². The number of carbonyl (C=O) groups excluding carboxylic acids is 1. The number of carbonyl (C=O) groups is 1. The maximum atomic E-state index is 11.9. The first-order valence-electron chi connectivity index (χ1n) is 5.38. The van der Waals surface area contributed by atoms with Crippen LogP contribution in [0.1, 0.15) is 28.9 Å². The van der Waals surface area contributed by atoms with E-state index in [1.54, 1.807) is 36.9 Å². The molecule has 0 spiro atoms. The highest BCUT2D eigenvalue weighted by molar-refractivity contribution is 5.94. The Hall–Kier alpha value is -2.23. The van der Waals surface area contributed by atoms with Gasteiger partial charge in [-0.3, -0.25) is 14.8 Å². The molecule has 0 aliphatic carbocycles. The Labute approximate surface area is 99.7 Å². The van der Waals surface area contributed by atoms with Crippen LogP contribution in [0.15, 0.2) is 49.1 Å². The van der Waals surface area contributed by atoms with Crippen LogP contribution in [0.4, 0.5) is 0 Å². The van der Waals surface area contributed by atoms with Gasteiger partial charge in [0, 0.05) is 30.4 Å². The average molecular weight is 227 g/mol. The predicted octanol–water partition coefficient (Wildman–Crippen LogP) is 1.97. The van der Waals surface area contributed by atoms with Crippen LogP contribution in [-0.4, -0.2) is 15.9 Å². The molecule has 0 aliphatic rings. The van der Waals surface area contributed by atoms with Crippen molar-refractivity contribution in [3.8, 4) is 0 Å². The van der Waals surface area contributed by atoms with Gasteiger partial charge in [-0.05, 0) is 30.7 Å². The number of aromatic nitrogens is 2. The van der Waals surface area contributed by atoms with Gasteiger partial charge in [0.05, 0.1) is 6.04 Å². The van der Waals surface area contributed by atoms with Crippen LogP contribution < -0.4 is 5.32 Å².